The first-order valence-electron chi connectivity index (χ1n) is 4.99. The van der Waals surface area contributed by atoms with E-state index < -0.39 is 0 Å². The molecule has 0 saturated carbocycles. The van der Waals surface area contributed by atoms with Crippen LogP contribution in [0, 0.1) is 0 Å². The third-order valence-electron chi connectivity index (χ3n) is 2.06. The number of benzene rings is 1. The minimum atomic E-state index is 0.685. The summed E-state index contributed by atoms with van der Waals surface area (Å²) in [5.74, 6) is 0. The summed E-state index contributed by atoms with van der Waals surface area (Å²) in [4.78, 5) is 4.18. The highest BCUT2D eigenvalue weighted by Gasteiger charge is 2.09. The molecule has 0 amide bonds. The Bertz CT molecular complexity index is 650. The van der Waals surface area contributed by atoms with Crippen LogP contribution in [0.3, 0.4) is 0 Å². The molecule has 1 aromatic carbocycles. The topological polar surface area (TPSA) is 38.7 Å². The third kappa shape index (κ3) is 2.72. The Hall–Kier alpha value is -0.950. The van der Waals surface area contributed by atoms with Crippen molar-refractivity contribution in [3.63, 3.8) is 0 Å². The van der Waals surface area contributed by atoms with Crippen molar-refractivity contribution in [2.75, 3.05) is 0 Å². The van der Waals surface area contributed by atoms with E-state index in [1.165, 1.54) is 23.1 Å². The maximum atomic E-state index is 5.84. The van der Waals surface area contributed by atoms with Gasteiger partial charge < -0.3 is 0 Å². The molecule has 3 nitrogen and oxygen atoms in total. The zero-order valence-electron chi connectivity index (χ0n) is 8.91. The van der Waals surface area contributed by atoms with Gasteiger partial charge in [0.05, 0.1) is 6.20 Å². The van der Waals surface area contributed by atoms with Crippen LogP contribution in [0.25, 0.3) is 10.6 Å². The third-order valence-corrected chi connectivity index (χ3v) is 5.27. The molecule has 3 rings (SSSR count). The van der Waals surface area contributed by atoms with E-state index in [9.17, 15) is 0 Å². The summed E-state index contributed by atoms with van der Waals surface area (Å²) in [6.07, 6.45) is 1.65. The average Bonchev–Trinajstić information content (AvgIpc) is 3.01. The van der Waals surface area contributed by atoms with Crippen molar-refractivity contribution in [2.24, 2.45) is 0 Å². The van der Waals surface area contributed by atoms with Crippen LogP contribution in [0.2, 0.25) is 4.34 Å². The average molecular weight is 312 g/mol. The van der Waals surface area contributed by atoms with Crippen molar-refractivity contribution in [1.29, 1.82) is 0 Å². The molecule has 18 heavy (non-hydrogen) atoms. The highest BCUT2D eigenvalue weighted by Crippen LogP contribution is 2.36. The summed E-state index contributed by atoms with van der Waals surface area (Å²) in [6, 6.07) is 10.0. The van der Waals surface area contributed by atoms with Gasteiger partial charge in [-0.25, -0.2) is 4.98 Å². The van der Waals surface area contributed by atoms with Crippen LogP contribution < -0.4 is 0 Å². The monoisotopic (exact) mass is 311 g/mol. The largest absolute Gasteiger partial charge is 0.236 e. The van der Waals surface area contributed by atoms with Gasteiger partial charge in [0.15, 0.2) is 8.68 Å². The highest BCUT2D eigenvalue weighted by atomic mass is 35.5. The van der Waals surface area contributed by atoms with Gasteiger partial charge in [-0.15, -0.1) is 10.2 Å². The van der Waals surface area contributed by atoms with Crippen LogP contribution in [-0.2, 0) is 0 Å². The van der Waals surface area contributed by atoms with E-state index in [0.717, 1.165) is 19.3 Å². The lowest BCUT2D eigenvalue weighted by molar-refractivity contribution is 1.01. The fourth-order valence-electron chi connectivity index (χ4n) is 1.31. The lowest BCUT2D eigenvalue weighted by Crippen LogP contribution is -1.74. The van der Waals surface area contributed by atoms with Gasteiger partial charge >= 0.3 is 0 Å². The Morgan fingerprint density at radius 3 is 2.56 bits per heavy atom. The number of nitrogens with zero attached hydrogens (tertiary/aromatic N) is 3. The van der Waals surface area contributed by atoms with Crippen molar-refractivity contribution in [3.05, 3.63) is 40.9 Å². The van der Waals surface area contributed by atoms with Crippen LogP contribution in [0.1, 0.15) is 0 Å². The Morgan fingerprint density at radius 1 is 1.00 bits per heavy atom. The predicted octanol–water partition coefficient (Wildman–Crippen LogP) is 4.47. The van der Waals surface area contributed by atoms with E-state index in [-0.39, 0.29) is 0 Å². The standard InChI is InChI=1S/C11H6ClN3S3/c12-8-6-13-10(16-8)18-11-15-14-9(17-11)7-4-2-1-3-5-7/h1-6H. The van der Waals surface area contributed by atoms with Gasteiger partial charge in [0, 0.05) is 5.56 Å². The number of thiazole rings is 1. The van der Waals surface area contributed by atoms with Crippen LogP contribution in [0.4, 0.5) is 0 Å². The molecule has 0 aliphatic heterocycles. The van der Waals surface area contributed by atoms with Gasteiger partial charge in [-0.2, -0.15) is 0 Å². The van der Waals surface area contributed by atoms with E-state index in [1.54, 1.807) is 17.5 Å². The van der Waals surface area contributed by atoms with E-state index in [4.69, 9.17) is 11.6 Å². The summed E-state index contributed by atoms with van der Waals surface area (Å²) >= 11 is 10.3. The number of aromatic nitrogens is 3. The van der Waals surface area contributed by atoms with Crippen LogP contribution in [0.15, 0.2) is 45.2 Å². The molecule has 0 spiro atoms. The van der Waals surface area contributed by atoms with E-state index in [2.05, 4.69) is 15.2 Å². The minimum absolute atomic E-state index is 0.685. The molecule has 0 fully saturated rings. The van der Waals surface area contributed by atoms with Crippen molar-refractivity contribution in [2.45, 2.75) is 8.68 Å². The molecule has 2 aromatic heterocycles. The molecule has 0 atom stereocenters. The molecule has 3 aromatic rings. The Balaban J connectivity index is 1.82. The molecule has 0 N–H and O–H groups in total. The number of halogens is 1. The van der Waals surface area contributed by atoms with Gasteiger partial charge in [-0.3, -0.25) is 0 Å². The van der Waals surface area contributed by atoms with Crippen molar-refractivity contribution in [3.8, 4) is 10.6 Å². The number of rotatable bonds is 3. The lowest BCUT2D eigenvalue weighted by atomic mass is 10.2. The van der Waals surface area contributed by atoms with E-state index >= 15 is 0 Å². The van der Waals surface area contributed by atoms with Gasteiger partial charge in [0.1, 0.15) is 9.34 Å². The zero-order valence-corrected chi connectivity index (χ0v) is 12.1. The molecule has 7 heteroatoms. The van der Waals surface area contributed by atoms with E-state index in [0.29, 0.717) is 4.34 Å². The molecule has 0 bridgehead atoms. The molecule has 0 unspecified atom stereocenters. The molecular weight excluding hydrogens is 306 g/mol. The second-order valence-corrected chi connectivity index (χ2v) is 7.41. The van der Waals surface area contributed by atoms with Crippen LogP contribution >= 0.6 is 46.0 Å². The van der Waals surface area contributed by atoms with Crippen molar-refractivity contribution >= 4 is 46.0 Å². The van der Waals surface area contributed by atoms with Crippen LogP contribution in [0.5, 0.6) is 0 Å². The molecule has 0 aliphatic rings. The molecule has 2 heterocycles. The SMILES string of the molecule is Clc1cnc(Sc2nnc(-c3ccccc3)s2)s1. The summed E-state index contributed by atoms with van der Waals surface area (Å²) in [5, 5.41) is 9.25. The first-order valence-corrected chi connectivity index (χ1v) is 7.82. The molecule has 0 radical (unpaired) electrons. The van der Waals surface area contributed by atoms with Crippen molar-refractivity contribution < 1.29 is 0 Å². The normalized spacial score (nSPS) is 10.7. The smallest absolute Gasteiger partial charge is 0.181 e. The van der Waals surface area contributed by atoms with Gasteiger partial charge in [0.2, 0.25) is 0 Å². The summed E-state index contributed by atoms with van der Waals surface area (Å²) in [7, 11) is 0. The predicted molar refractivity (Wildman–Crippen MR) is 76.6 cm³/mol. The van der Waals surface area contributed by atoms with Gasteiger partial charge in [-0.1, -0.05) is 64.6 Å². The maximum absolute atomic E-state index is 5.84. The van der Waals surface area contributed by atoms with Gasteiger partial charge in [0.25, 0.3) is 0 Å². The summed E-state index contributed by atoms with van der Waals surface area (Å²) < 4.78 is 2.45. The Labute approximate surface area is 121 Å². The van der Waals surface area contributed by atoms with Crippen molar-refractivity contribution in [1.82, 2.24) is 15.2 Å². The quantitative estimate of drug-likeness (QED) is 0.715. The number of hydrogen-bond donors (Lipinski definition) is 0. The minimum Gasteiger partial charge on any atom is -0.236 e. The maximum Gasteiger partial charge on any atom is 0.181 e. The first kappa shape index (κ1) is 12.1. The second kappa shape index (κ2) is 5.36. The zero-order chi connectivity index (χ0) is 12.4. The Kier molecular flexibility index (Phi) is 3.60. The summed E-state index contributed by atoms with van der Waals surface area (Å²) in [5.41, 5.74) is 1.08. The fourth-order valence-corrected chi connectivity index (χ4v) is 4.48. The molecule has 0 saturated heterocycles. The number of hydrogen-bond acceptors (Lipinski definition) is 6. The molecule has 0 aliphatic carbocycles. The molecular formula is C11H6ClN3S3. The van der Waals surface area contributed by atoms with Crippen LogP contribution in [-0.4, -0.2) is 15.2 Å². The lowest BCUT2D eigenvalue weighted by Gasteiger charge is -1.91. The fraction of sp³-hybridized carbons (Fsp3) is 0. The Morgan fingerprint density at radius 2 is 1.83 bits per heavy atom. The summed E-state index contributed by atoms with van der Waals surface area (Å²) in [6.45, 7) is 0. The second-order valence-electron chi connectivity index (χ2n) is 3.27. The first-order chi connectivity index (χ1) is 8.81. The van der Waals surface area contributed by atoms with Gasteiger partial charge in [-0.05, 0) is 11.8 Å². The van der Waals surface area contributed by atoms with E-state index in [1.807, 2.05) is 30.3 Å². The highest BCUT2D eigenvalue weighted by molar-refractivity contribution is 8.02. The molecule has 90 valence electrons.